The number of thiazole rings is 1. The van der Waals surface area contributed by atoms with E-state index in [1.54, 1.807) is 36.5 Å². The smallest absolute Gasteiger partial charge is 0.310 e. The fraction of sp³-hybridized carbons (Fsp3) is 0.421. The van der Waals surface area contributed by atoms with E-state index in [1.165, 1.54) is 23.5 Å². The Morgan fingerprint density at radius 1 is 1.09 bits per heavy atom. The Kier molecular flexibility index (Phi) is 15.2. The lowest BCUT2D eigenvalue weighted by molar-refractivity contribution is -0.942. The molecule has 0 radical (unpaired) electrons. The van der Waals surface area contributed by atoms with E-state index in [0.717, 1.165) is 90.1 Å². The van der Waals surface area contributed by atoms with Crippen molar-refractivity contribution in [1.29, 1.82) is 0 Å². The van der Waals surface area contributed by atoms with Crippen molar-refractivity contribution >= 4 is 44.3 Å². The molecular formula is C38H51FN7O6S+. The minimum Gasteiger partial charge on any atom is -0.441 e. The van der Waals surface area contributed by atoms with Crippen LogP contribution in [-0.2, 0) is 11.3 Å². The van der Waals surface area contributed by atoms with Gasteiger partial charge in [0.15, 0.2) is 0 Å². The van der Waals surface area contributed by atoms with Crippen molar-refractivity contribution in [2.75, 3.05) is 46.9 Å². The molecule has 2 atom stereocenters. The first-order valence-corrected chi connectivity index (χ1v) is 18.4. The molecule has 3 aromatic carbocycles. The number of aliphatic hydroxyl groups excluding tert-OH is 2. The highest BCUT2D eigenvalue weighted by Crippen LogP contribution is 2.31. The van der Waals surface area contributed by atoms with E-state index in [9.17, 15) is 14.0 Å². The van der Waals surface area contributed by atoms with Gasteiger partial charge in [-0.25, -0.2) is 9.37 Å². The number of nitrogens with one attached hydrogen (secondary N) is 2. The van der Waals surface area contributed by atoms with Gasteiger partial charge in [-0.3, -0.25) is 14.7 Å². The van der Waals surface area contributed by atoms with Crippen LogP contribution in [0.1, 0.15) is 54.0 Å². The lowest BCUT2D eigenvalue weighted by atomic mass is 10.0. The summed E-state index contributed by atoms with van der Waals surface area (Å²) >= 11 is 1.65. The number of nitrogens with two attached hydrogens (primary N) is 1. The molecule has 7 rings (SSSR count). The number of hydrogen-bond donors (Lipinski definition) is 6. The third-order valence-electron chi connectivity index (χ3n) is 9.36. The molecule has 53 heavy (non-hydrogen) atoms. The topological polar surface area (TPSA) is 183 Å². The zero-order valence-electron chi connectivity index (χ0n) is 30.9. The molecule has 13 nitrogen and oxygen atoms in total. The number of ether oxygens (including phenoxy) is 1. The number of piperazine rings is 1. The molecule has 2 aromatic heterocycles. The molecular weight excluding hydrogens is 702 g/mol. The summed E-state index contributed by atoms with van der Waals surface area (Å²) in [6, 6.07) is 16.3. The first-order valence-electron chi connectivity index (χ1n) is 17.6. The summed E-state index contributed by atoms with van der Waals surface area (Å²) in [5.74, 6) is -0.389. The average molecular weight is 753 g/mol. The number of carbonyl (C=O) groups excluding carboxylic acids is 2. The number of H-pyrrole nitrogens is 1. The standard InChI is InChI=1S/C16H12N4OS.C14H20FNO3.C7H14N2O.CH4O/c1-8-18-13-5-2-9(7-14(13)22-8)15-11-6-10(16(17)21)3-4-12(11)19-20-15;1-10-5-2-3-8-16(10)9-11-12(15)6-4-7-13(11)19-14(17)18;1-7(10)9-5-3-8(2)4-6-9;1-2/h2-7H,1H3,(H2,17,21)(H,19,20);4,6-7,10,14,17-18H,2-3,5,8-9H2,1H3;3-6H2,1-2H3;2H,1H3/p+1. The van der Waals surface area contributed by atoms with Gasteiger partial charge in [0.2, 0.25) is 11.8 Å². The molecule has 15 heteroatoms. The third-order valence-corrected chi connectivity index (χ3v) is 10.3. The summed E-state index contributed by atoms with van der Waals surface area (Å²) in [5.41, 5.74) is 9.92. The first-order chi connectivity index (χ1) is 25.4. The maximum absolute atomic E-state index is 13.9. The monoisotopic (exact) mass is 752 g/mol. The lowest BCUT2D eigenvalue weighted by Crippen LogP contribution is -3.15. The normalized spacial score (nSPS) is 17.3. The van der Waals surface area contributed by atoms with Gasteiger partial charge in [-0.05, 0) is 82.6 Å². The number of aliphatic hydroxyl groups is 3. The number of fused-ring (bicyclic) bond motifs is 2. The Bertz CT molecular complexity index is 1960. The number of nitrogens with zero attached hydrogens (tertiary/aromatic N) is 4. The van der Waals surface area contributed by atoms with Crippen LogP contribution in [0.5, 0.6) is 5.75 Å². The third kappa shape index (κ3) is 11.2. The molecule has 2 aliphatic rings. The number of aromatic nitrogens is 3. The molecule has 2 aliphatic heterocycles. The quantitative estimate of drug-likeness (QED) is 0.142. The zero-order chi connectivity index (χ0) is 38.7. The van der Waals surface area contributed by atoms with Gasteiger partial charge >= 0.3 is 6.48 Å². The van der Waals surface area contributed by atoms with E-state index in [0.29, 0.717) is 23.7 Å². The first kappa shape index (κ1) is 41.2. The van der Waals surface area contributed by atoms with Crippen molar-refractivity contribution in [2.24, 2.45) is 5.73 Å². The summed E-state index contributed by atoms with van der Waals surface area (Å²) in [7, 11) is 3.08. The highest BCUT2D eigenvalue weighted by Gasteiger charge is 2.25. The number of carbonyl (C=O) groups is 2. The van der Waals surface area contributed by atoms with Gasteiger partial charge in [-0.2, -0.15) is 5.10 Å². The Balaban J connectivity index is 0.000000184. The number of likely N-dealkylation sites (tertiary alicyclic amines) is 1. The molecule has 5 aromatic rings. The van der Waals surface area contributed by atoms with Crippen molar-refractivity contribution in [3.8, 4) is 17.0 Å². The number of aryl methyl sites for hydroxylation is 1. The fourth-order valence-electron chi connectivity index (χ4n) is 6.37. The van der Waals surface area contributed by atoms with Gasteiger partial charge in [0.25, 0.3) is 0 Å². The van der Waals surface area contributed by atoms with Crippen molar-refractivity contribution in [2.45, 2.75) is 59.1 Å². The molecule has 286 valence electrons. The molecule has 0 spiro atoms. The minimum atomic E-state index is -1.92. The number of amides is 2. The number of rotatable bonds is 6. The van der Waals surface area contributed by atoms with Gasteiger partial charge < -0.3 is 40.5 Å². The molecule has 4 heterocycles. The zero-order valence-corrected chi connectivity index (χ0v) is 31.8. The molecule has 0 saturated carbocycles. The molecule has 7 N–H and O–H groups in total. The second-order valence-corrected chi connectivity index (χ2v) is 14.3. The summed E-state index contributed by atoms with van der Waals surface area (Å²) in [5, 5.41) is 34.1. The van der Waals surface area contributed by atoms with Crippen LogP contribution >= 0.6 is 11.3 Å². The summed E-state index contributed by atoms with van der Waals surface area (Å²) in [6.07, 6.45) is 3.51. The number of primary amides is 1. The number of halogens is 1. The summed E-state index contributed by atoms with van der Waals surface area (Å²) in [4.78, 5) is 32.1. The van der Waals surface area contributed by atoms with Crippen LogP contribution in [-0.4, -0.2) is 112 Å². The number of quaternary nitrogens is 1. The summed E-state index contributed by atoms with van der Waals surface area (Å²) in [6.45, 7) is 9.20. The Morgan fingerprint density at radius 2 is 1.83 bits per heavy atom. The van der Waals surface area contributed by atoms with Crippen LogP contribution in [0.15, 0.2) is 54.6 Å². The van der Waals surface area contributed by atoms with Gasteiger partial charge in [0, 0.05) is 56.7 Å². The van der Waals surface area contributed by atoms with Crippen molar-refractivity contribution in [3.63, 3.8) is 0 Å². The van der Waals surface area contributed by atoms with Crippen LogP contribution in [0.25, 0.3) is 32.4 Å². The number of aromatic amines is 1. The Hall–Kier alpha value is -4.51. The minimum absolute atomic E-state index is 0.202. The Morgan fingerprint density at radius 3 is 2.49 bits per heavy atom. The van der Waals surface area contributed by atoms with E-state index in [4.69, 9.17) is 25.8 Å². The van der Waals surface area contributed by atoms with Crippen LogP contribution in [0.4, 0.5) is 4.39 Å². The second kappa shape index (κ2) is 19.5. The molecule has 2 saturated heterocycles. The van der Waals surface area contributed by atoms with Crippen LogP contribution in [0.3, 0.4) is 0 Å². The van der Waals surface area contributed by atoms with Gasteiger partial charge in [-0.1, -0.05) is 12.1 Å². The van der Waals surface area contributed by atoms with Gasteiger partial charge in [-0.15, -0.1) is 11.3 Å². The van der Waals surface area contributed by atoms with E-state index >= 15 is 0 Å². The highest BCUT2D eigenvalue weighted by atomic mass is 32.1. The number of likely N-dealkylation sites (N-methyl/N-ethyl adjacent to an activating group) is 1. The van der Waals surface area contributed by atoms with E-state index in [1.807, 2.05) is 30.0 Å². The van der Waals surface area contributed by atoms with Crippen LogP contribution < -0.4 is 15.4 Å². The maximum Gasteiger partial charge on any atom is 0.310 e. The largest absolute Gasteiger partial charge is 0.441 e. The van der Waals surface area contributed by atoms with E-state index in [2.05, 4.69) is 40.1 Å². The van der Waals surface area contributed by atoms with Gasteiger partial charge in [0.05, 0.1) is 44.6 Å². The maximum atomic E-state index is 13.9. The second-order valence-electron chi connectivity index (χ2n) is 13.1. The number of hydrogen-bond acceptors (Lipinski definition) is 10. The predicted molar refractivity (Wildman–Crippen MR) is 204 cm³/mol. The molecule has 2 unspecified atom stereocenters. The van der Waals surface area contributed by atoms with Crippen molar-refractivity contribution in [3.05, 3.63) is 76.5 Å². The average Bonchev–Trinajstić information content (AvgIpc) is 3.73. The highest BCUT2D eigenvalue weighted by molar-refractivity contribution is 7.18. The van der Waals surface area contributed by atoms with Crippen LogP contribution in [0, 0.1) is 12.7 Å². The molecule has 2 fully saturated rings. The van der Waals surface area contributed by atoms with E-state index < -0.39 is 12.4 Å². The fourth-order valence-corrected chi connectivity index (χ4v) is 7.24. The van der Waals surface area contributed by atoms with Crippen molar-refractivity contribution < 1.29 is 38.9 Å². The summed E-state index contributed by atoms with van der Waals surface area (Å²) < 4.78 is 19.9. The Labute approximate surface area is 312 Å². The number of benzene rings is 3. The molecule has 2 amide bonds. The molecule has 0 aliphatic carbocycles. The lowest BCUT2D eigenvalue weighted by Gasteiger charge is -2.31. The van der Waals surface area contributed by atoms with E-state index in [-0.39, 0.29) is 17.5 Å². The predicted octanol–water partition coefficient (Wildman–Crippen LogP) is 3.07. The number of piperidine rings is 1. The van der Waals surface area contributed by atoms with Gasteiger partial charge in [0.1, 0.15) is 18.1 Å². The SMILES string of the molecule is CC(=O)N1CCN(C)CC1.CC1CCCC[NH+]1Cc1c(F)cccc1OC(O)O.CO.Cc1nc2ccc(-c3n[nH]c4ccc(C(N)=O)cc34)cc2s1. The van der Waals surface area contributed by atoms with Crippen molar-refractivity contribution in [1.82, 2.24) is 25.0 Å². The van der Waals surface area contributed by atoms with Crippen LogP contribution in [0.2, 0.25) is 0 Å². The molecule has 0 bridgehead atoms.